The van der Waals surface area contributed by atoms with Gasteiger partial charge in [0.25, 0.3) is 11.8 Å². The molecule has 1 saturated heterocycles. The van der Waals surface area contributed by atoms with E-state index in [4.69, 9.17) is 16.3 Å². The number of aromatic amines is 1. The van der Waals surface area contributed by atoms with Crippen LogP contribution in [0.5, 0.6) is 0 Å². The molecule has 5 rings (SSSR count). The Morgan fingerprint density at radius 2 is 1.89 bits per heavy atom. The third-order valence-electron chi connectivity index (χ3n) is 6.15. The Morgan fingerprint density at radius 1 is 1.11 bits per heavy atom. The van der Waals surface area contributed by atoms with E-state index in [9.17, 15) is 9.59 Å². The third kappa shape index (κ3) is 5.07. The number of carbonyl (C=O) groups is 2. The number of aromatic nitrogens is 3. The summed E-state index contributed by atoms with van der Waals surface area (Å²) in [5, 5.41) is 10.1. The Kier molecular flexibility index (Phi) is 6.93. The summed E-state index contributed by atoms with van der Waals surface area (Å²) in [7, 11) is 1.57. The normalized spacial score (nSPS) is 13.4. The molecule has 0 bridgehead atoms. The molecule has 2 aromatic carbocycles. The maximum absolute atomic E-state index is 13.1. The maximum Gasteiger partial charge on any atom is 0.256 e. The van der Waals surface area contributed by atoms with Crippen molar-refractivity contribution in [3.05, 3.63) is 70.5 Å². The van der Waals surface area contributed by atoms with Crippen molar-refractivity contribution in [2.45, 2.75) is 6.92 Å². The average molecular weight is 520 g/mol. The molecule has 190 valence electrons. The van der Waals surface area contributed by atoms with E-state index in [1.165, 1.54) is 6.20 Å². The smallest absolute Gasteiger partial charge is 0.256 e. The zero-order valence-electron chi connectivity index (χ0n) is 20.4. The maximum atomic E-state index is 13.1. The first-order chi connectivity index (χ1) is 17.9. The minimum absolute atomic E-state index is 0.00143. The van der Waals surface area contributed by atoms with Gasteiger partial charge in [-0.05, 0) is 37.3 Å². The van der Waals surface area contributed by atoms with Gasteiger partial charge in [-0.1, -0.05) is 23.7 Å². The van der Waals surface area contributed by atoms with Gasteiger partial charge in [-0.25, -0.2) is 4.98 Å². The fourth-order valence-corrected chi connectivity index (χ4v) is 4.44. The van der Waals surface area contributed by atoms with E-state index >= 15 is 0 Å². The van der Waals surface area contributed by atoms with Crippen molar-refractivity contribution >= 4 is 57.5 Å². The molecule has 0 spiro atoms. The molecule has 1 aliphatic heterocycles. The molecule has 37 heavy (non-hydrogen) atoms. The lowest BCUT2D eigenvalue weighted by atomic mass is 10.1. The van der Waals surface area contributed by atoms with Crippen LogP contribution in [0.2, 0.25) is 5.02 Å². The number of aryl methyl sites for hydroxylation is 1. The number of rotatable bonds is 6. The monoisotopic (exact) mass is 519 g/mol. The fourth-order valence-electron chi connectivity index (χ4n) is 4.31. The number of fused-ring (bicyclic) bond motifs is 1. The molecular formula is C26H26ClN7O3. The van der Waals surface area contributed by atoms with Gasteiger partial charge in [-0.15, -0.1) is 0 Å². The van der Waals surface area contributed by atoms with E-state index in [1.807, 2.05) is 36.1 Å². The minimum Gasteiger partial charge on any atom is -0.378 e. The molecule has 2 aromatic heterocycles. The number of nitrogens with one attached hydrogen (secondary N) is 4. The van der Waals surface area contributed by atoms with Crippen LogP contribution in [0, 0.1) is 6.92 Å². The first-order valence-electron chi connectivity index (χ1n) is 11.8. The van der Waals surface area contributed by atoms with E-state index in [0.29, 0.717) is 59.9 Å². The Balaban J connectivity index is 1.39. The van der Waals surface area contributed by atoms with Crippen LogP contribution in [-0.4, -0.2) is 65.0 Å². The van der Waals surface area contributed by atoms with E-state index in [2.05, 4.69) is 30.9 Å². The Morgan fingerprint density at radius 3 is 2.68 bits per heavy atom. The summed E-state index contributed by atoms with van der Waals surface area (Å²) < 4.78 is 5.38. The standard InChI is InChI=1S/C26H26ClN7O3/c1-15-22(25(36)34-9-11-37-12-10-34)17-8-7-16(13-21(17)30-15)31-26-29-14-19(27)23(33-26)32-20-6-4-3-5-18(20)24(35)28-2/h3-8,13-14,30H,9-12H2,1-2H3,(H,28,35)(H2,29,31,32,33). The minimum atomic E-state index is -0.229. The van der Waals surface area contributed by atoms with E-state index in [1.54, 1.807) is 25.2 Å². The summed E-state index contributed by atoms with van der Waals surface area (Å²) >= 11 is 6.34. The predicted molar refractivity (Wildman–Crippen MR) is 143 cm³/mol. The van der Waals surface area contributed by atoms with Gasteiger partial charge in [-0.3, -0.25) is 9.59 Å². The molecule has 1 aliphatic rings. The molecule has 0 saturated carbocycles. The van der Waals surface area contributed by atoms with Crippen molar-refractivity contribution in [3.8, 4) is 0 Å². The summed E-state index contributed by atoms with van der Waals surface area (Å²) in [6, 6.07) is 12.8. The molecule has 4 aromatic rings. The number of nitrogens with zero attached hydrogens (tertiary/aromatic N) is 3. The molecular weight excluding hydrogens is 494 g/mol. The molecule has 0 unspecified atom stereocenters. The van der Waals surface area contributed by atoms with E-state index in [-0.39, 0.29) is 11.8 Å². The summed E-state index contributed by atoms with van der Waals surface area (Å²) in [4.78, 5) is 39.3. The van der Waals surface area contributed by atoms with Crippen LogP contribution in [0.15, 0.2) is 48.7 Å². The highest BCUT2D eigenvalue weighted by Gasteiger charge is 2.23. The van der Waals surface area contributed by atoms with Gasteiger partial charge in [-0.2, -0.15) is 4.98 Å². The lowest BCUT2D eigenvalue weighted by Gasteiger charge is -2.27. The Labute approximate surface area is 218 Å². The zero-order chi connectivity index (χ0) is 25.9. The van der Waals surface area contributed by atoms with Gasteiger partial charge in [0, 0.05) is 42.4 Å². The van der Waals surface area contributed by atoms with Gasteiger partial charge < -0.3 is 30.6 Å². The fraction of sp³-hybridized carbons (Fsp3) is 0.231. The Hall–Kier alpha value is -4.15. The van der Waals surface area contributed by atoms with Crippen molar-refractivity contribution in [3.63, 3.8) is 0 Å². The molecule has 3 heterocycles. The van der Waals surface area contributed by atoms with Gasteiger partial charge in [0.15, 0.2) is 5.82 Å². The lowest BCUT2D eigenvalue weighted by Crippen LogP contribution is -2.40. The van der Waals surface area contributed by atoms with Gasteiger partial charge >= 0.3 is 0 Å². The van der Waals surface area contributed by atoms with Crippen LogP contribution in [0.25, 0.3) is 10.9 Å². The number of ether oxygens (including phenoxy) is 1. The quantitative estimate of drug-likeness (QED) is 0.300. The second-order valence-corrected chi connectivity index (χ2v) is 8.96. The van der Waals surface area contributed by atoms with Gasteiger partial charge in [0.05, 0.1) is 36.2 Å². The van der Waals surface area contributed by atoms with Crippen LogP contribution < -0.4 is 16.0 Å². The van der Waals surface area contributed by atoms with Crippen LogP contribution in [0.3, 0.4) is 0 Å². The van der Waals surface area contributed by atoms with Gasteiger partial charge in [0.2, 0.25) is 5.95 Å². The highest BCUT2D eigenvalue weighted by molar-refractivity contribution is 6.33. The summed E-state index contributed by atoms with van der Waals surface area (Å²) in [6.45, 7) is 4.18. The Bertz CT molecular complexity index is 1480. The molecule has 1 fully saturated rings. The number of morpholine rings is 1. The van der Waals surface area contributed by atoms with Crippen molar-refractivity contribution in [2.24, 2.45) is 0 Å². The van der Waals surface area contributed by atoms with Crippen molar-refractivity contribution in [1.82, 2.24) is 25.2 Å². The first-order valence-corrected chi connectivity index (χ1v) is 12.2. The van der Waals surface area contributed by atoms with Crippen molar-refractivity contribution < 1.29 is 14.3 Å². The summed E-state index contributed by atoms with van der Waals surface area (Å²) in [5.74, 6) is 0.441. The highest BCUT2D eigenvalue weighted by atomic mass is 35.5. The second kappa shape index (κ2) is 10.5. The SMILES string of the molecule is CNC(=O)c1ccccc1Nc1nc(Nc2ccc3c(C(=O)N4CCOCC4)c(C)[nH]c3c2)ncc1Cl. The lowest BCUT2D eigenvalue weighted by molar-refractivity contribution is 0.0303. The van der Waals surface area contributed by atoms with Gasteiger partial charge in [0.1, 0.15) is 5.02 Å². The molecule has 10 nitrogen and oxygen atoms in total. The molecule has 0 atom stereocenters. The van der Waals surface area contributed by atoms with Crippen LogP contribution >= 0.6 is 11.6 Å². The van der Waals surface area contributed by atoms with Crippen LogP contribution in [0.1, 0.15) is 26.4 Å². The molecule has 0 aliphatic carbocycles. The molecule has 0 radical (unpaired) electrons. The number of hydrogen-bond donors (Lipinski definition) is 4. The topological polar surface area (TPSA) is 124 Å². The second-order valence-electron chi connectivity index (χ2n) is 8.55. The molecule has 11 heteroatoms. The number of anilines is 4. The summed E-state index contributed by atoms with van der Waals surface area (Å²) in [6.07, 6.45) is 1.48. The zero-order valence-corrected chi connectivity index (χ0v) is 21.1. The van der Waals surface area contributed by atoms with Crippen molar-refractivity contribution in [2.75, 3.05) is 44.0 Å². The highest BCUT2D eigenvalue weighted by Crippen LogP contribution is 2.29. The average Bonchev–Trinajstić information content (AvgIpc) is 3.25. The summed E-state index contributed by atoms with van der Waals surface area (Å²) in [5.41, 5.74) is 4.07. The largest absolute Gasteiger partial charge is 0.378 e. The number of carbonyl (C=O) groups excluding carboxylic acids is 2. The van der Waals surface area contributed by atoms with Crippen molar-refractivity contribution in [1.29, 1.82) is 0 Å². The van der Waals surface area contributed by atoms with E-state index < -0.39 is 0 Å². The molecule has 4 N–H and O–H groups in total. The van der Waals surface area contributed by atoms with Crippen LogP contribution in [-0.2, 0) is 4.74 Å². The number of benzene rings is 2. The predicted octanol–water partition coefficient (Wildman–Crippen LogP) is 4.24. The number of halogens is 1. The number of amides is 2. The first kappa shape index (κ1) is 24.5. The number of para-hydroxylation sites is 1. The number of hydrogen-bond acceptors (Lipinski definition) is 7. The molecule has 2 amide bonds. The number of H-pyrrole nitrogens is 1. The van der Waals surface area contributed by atoms with E-state index in [0.717, 1.165) is 22.3 Å². The third-order valence-corrected chi connectivity index (χ3v) is 6.43. The van der Waals surface area contributed by atoms with Crippen LogP contribution in [0.4, 0.5) is 23.1 Å².